The molecule has 0 saturated carbocycles. The number of nitrogens with one attached hydrogen (secondary N) is 1. The van der Waals surface area contributed by atoms with Crippen molar-refractivity contribution >= 4 is 17.2 Å². The van der Waals surface area contributed by atoms with Gasteiger partial charge in [0.2, 0.25) is 0 Å². The molecular weight excluding hydrogens is 367 g/mol. The van der Waals surface area contributed by atoms with Crippen molar-refractivity contribution in [2.24, 2.45) is 0 Å². The lowest BCUT2D eigenvalue weighted by Crippen LogP contribution is -2.16. The van der Waals surface area contributed by atoms with E-state index in [1.807, 2.05) is 39.0 Å². The molecule has 4 aromatic rings. The van der Waals surface area contributed by atoms with Crippen molar-refractivity contribution in [1.82, 2.24) is 14.6 Å². The van der Waals surface area contributed by atoms with E-state index in [1.165, 1.54) is 12.1 Å². The molecule has 2 aromatic heterocycles. The highest BCUT2D eigenvalue weighted by Crippen LogP contribution is 2.29. The van der Waals surface area contributed by atoms with Crippen molar-refractivity contribution in [1.29, 1.82) is 0 Å². The van der Waals surface area contributed by atoms with Crippen LogP contribution in [0.2, 0.25) is 0 Å². The number of nitrogens with zero attached hydrogens (tertiary/aromatic N) is 3. The average Bonchev–Trinajstić information content (AvgIpc) is 3.01. The van der Waals surface area contributed by atoms with Gasteiger partial charge in [-0.05, 0) is 57.0 Å². The van der Waals surface area contributed by atoms with Crippen LogP contribution in [0, 0.1) is 33.5 Å². The number of anilines is 1. The Kier molecular flexibility index (Phi) is 4.62. The van der Waals surface area contributed by atoms with Crippen molar-refractivity contribution < 1.29 is 9.18 Å². The van der Waals surface area contributed by atoms with Gasteiger partial charge in [0.15, 0.2) is 5.65 Å². The third-order valence-corrected chi connectivity index (χ3v) is 5.05. The molecule has 5 nitrogen and oxygen atoms in total. The second kappa shape index (κ2) is 7.13. The first kappa shape index (κ1) is 18.8. The van der Waals surface area contributed by atoms with Crippen molar-refractivity contribution in [3.05, 3.63) is 82.6 Å². The highest BCUT2D eigenvalue weighted by atomic mass is 19.1. The first-order valence-corrected chi connectivity index (χ1v) is 9.34. The fraction of sp³-hybridized carbons (Fsp3) is 0.174. The summed E-state index contributed by atoms with van der Waals surface area (Å²) in [4.78, 5) is 17.4. The number of carbonyl (C=O) groups is 1. The van der Waals surface area contributed by atoms with E-state index >= 15 is 0 Å². The highest BCUT2D eigenvalue weighted by Gasteiger charge is 2.19. The summed E-state index contributed by atoms with van der Waals surface area (Å²) in [5.74, 6) is -0.646. The van der Waals surface area contributed by atoms with Crippen molar-refractivity contribution in [2.45, 2.75) is 27.7 Å². The lowest BCUT2D eigenvalue weighted by Gasteiger charge is -2.11. The fourth-order valence-electron chi connectivity index (χ4n) is 3.52. The molecule has 0 radical (unpaired) electrons. The van der Waals surface area contributed by atoms with Crippen LogP contribution in [-0.2, 0) is 0 Å². The van der Waals surface area contributed by atoms with E-state index in [9.17, 15) is 9.18 Å². The molecule has 0 fully saturated rings. The predicted molar refractivity (Wildman–Crippen MR) is 112 cm³/mol. The van der Waals surface area contributed by atoms with Crippen molar-refractivity contribution in [3.63, 3.8) is 0 Å². The summed E-state index contributed by atoms with van der Waals surface area (Å²) in [5, 5.41) is 7.46. The van der Waals surface area contributed by atoms with E-state index in [1.54, 1.807) is 23.7 Å². The topological polar surface area (TPSA) is 59.3 Å². The number of aryl methyl sites for hydroxylation is 4. The van der Waals surface area contributed by atoms with E-state index in [0.717, 1.165) is 22.4 Å². The summed E-state index contributed by atoms with van der Waals surface area (Å²) in [6, 6.07) is 12.4. The van der Waals surface area contributed by atoms with Gasteiger partial charge in [0.25, 0.3) is 5.91 Å². The second-order valence-electron chi connectivity index (χ2n) is 7.24. The van der Waals surface area contributed by atoms with Crippen LogP contribution in [0.15, 0.2) is 48.7 Å². The number of hydrogen-bond donors (Lipinski definition) is 1. The minimum atomic E-state index is -0.338. The Hall–Kier alpha value is -3.54. The molecule has 6 heteroatoms. The zero-order valence-corrected chi connectivity index (χ0v) is 16.7. The third kappa shape index (κ3) is 3.38. The average molecular weight is 388 g/mol. The van der Waals surface area contributed by atoms with Crippen LogP contribution in [0.1, 0.15) is 32.9 Å². The fourth-order valence-corrected chi connectivity index (χ4v) is 3.52. The van der Waals surface area contributed by atoms with Gasteiger partial charge in [0.05, 0.1) is 17.0 Å². The molecule has 2 aromatic carbocycles. The molecule has 2 heterocycles. The van der Waals surface area contributed by atoms with Gasteiger partial charge in [-0.25, -0.2) is 13.9 Å². The largest absolute Gasteiger partial charge is 0.322 e. The van der Waals surface area contributed by atoms with Gasteiger partial charge >= 0.3 is 0 Å². The first-order valence-electron chi connectivity index (χ1n) is 9.34. The Morgan fingerprint density at radius 2 is 1.86 bits per heavy atom. The molecule has 0 aliphatic heterocycles. The molecule has 0 bridgehead atoms. The Morgan fingerprint density at radius 1 is 1.07 bits per heavy atom. The predicted octanol–water partition coefficient (Wildman–Crippen LogP) is 5.02. The standard InChI is InChI=1S/C23H21FN4O/c1-13-6-5-7-17(10-13)21-15(3)27-28-16(4)19(12-25-22(21)28)23(29)26-20-9-8-18(24)11-14(20)2/h5-12H,1-4H3,(H,26,29). The second-order valence-corrected chi connectivity index (χ2v) is 7.24. The van der Waals surface area contributed by atoms with Crippen LogP contribution in [0.3, 0.4) is 0 Å². The zero-order valence-electron chi connectivity index (χ0n) is 16.7. The monoisotopic (exact) mass is 388 g/mol. The van der Waals surface area contributed by atoms with Gasteiger partial charge < -0.3 is 5.32 Å². The SMILES string of the molecule is Cc1cccc(-c2c(C)nn3c(C)c(C(=O)Nc4ccc(F)cc4C)cnc23)c1. The summed E-state index contributed by atoms with van der Waals surface area (Å²) >= 11 is 0. The van der Waals surface area contributed by atoms with E-state index in [2.05, 4.69) is 21.5 Å². The van der Waals surface area contributed by atoms with Gasteiger partial charge in [-0.1, -0.05) is 29.8 Å². The number of hydrogen-bond acceptors (Lipinski definition) is 3. The number of halogens is 1. The van der Waals surface area contributed by atoms with Crippen LogP contribution in [0.4, 0.5) is 10.1 Å². The van der Waals surface area contributed by atoms with Crippen molar-refractivity contribution in [2.75, 3.05) is 5.32 Å². The molecule has 29 heavy (non-hydrogen) atoms. The molecular formula is C23H21FN4O. The molecule has 0 aliphatic carbocycles. The van der Waals surface area contributed by atoms with Gasteiger partial charge in [0, 0.05) is 17.4 Å². The summed E-state index contributed by atoms with van der Waals surface area (Å²) in [6.45, 7) is 7.57. The van der Waals surface area contributed by atoms with Crippen LogP contribution < -0.4 is 5.32 Å². The number of carbonyl (C=O) groups excluding carboxylic acids is 1. The molecule has 0 unspecified atom stereocenters. The molecule has 1 N–H and O–H groups in total. The zero-order chi connectivity index (χ0) is 20.7. The summed E-state index contributed by atoms with van der Waals surface area (Å²) in [5.41, 5.74) is 7.03. The molecule has 0 saturated heterocycles. The Balaban J connectivity index is 1.76. The van der Waals surface area contributed by atoms with Crippen LogP contribution in [-0.4, -0.2) is 20.5 Å². The van der Waals surface area contributed by atoms with E-state index in [-0.39, 0.29) is 11.7 Å². The molecule has 0 spiro atoms. The quantitative estimate of drug-likeness (QED) is 0.536. The van der Waals surface area contributed by atoms with Gasteiger partial charge in [-0.3, -0.25) is 4.79 Å². The Morgan fingerprint density at radius 3 is 2.59 bits per heavy atom. The van der Waals surface area contributed by atoms with Crippen LogP contribution >= 0.6 is 0 Å². The Bertz CT molecular complexity index is 1260. The maximum Gasteiger partial charge on any atom is 0.259 e. The molecule has 146 valence electrons. The number of amides is 1. The first-order chi connectivity index (χ1) is 13.8. The summed E-state index contributed by atoms with van der Waals surface area (Å²) < 4.78 is 15.0. The smallest absolute Gasteiger partial charge is 0.259 e. The van der Waals surface area contributed by atoms with Gasteiger partial charge in [-0.2, -0.15) is 5.10 Å². The lowest BCUT2D eigenvalue weighted by atomic mass is 10.0. The molecule has 4 rings (SSSR count). The molecule has 1 amide bonds. The van der Waals surface area contributed by atoms with E-state index < -0.39 is 0 Å². The van der Waals surface area contributed by atoms with E-state index in [0.29, 0.717) is 28.2 Å². The molecule has 0 aliphatic rings. The lowest BCUT2D eigenvalue weighted by molar-refractivity contribution is 0.102. The van der Waals surface area contributed by atoms with Gasteiger partial charge in [0.1, 0.15) is 5.82 Å². The van der Waals surface area contributed by atoms with Crippen LogP contribution in [0.5, 0.6) is 0 Å². The van der Waals surface area contributed by atoms with Gasteiger partial charge in [-0.15, -0.1) is 0 Å². The number of fused-ring (bicyclic) bond motifs is 1. The van der Waals surface area contributed by atoms with Crippen LogP contribution in [0.25, 0.3) is 16.8 Å². The third-order valence-electron chi connectivity index (χ3n) is 5.05. The normalized spacial score (nSPS) is 11.1. The minimum Gasteiger partial charge on any atom is -0.322 e. The number of rotatable bonds is 3. The number of benzene rings is 2. The Labute approximate surface area is 168 Å². The van der Waals surface area contributed by atoms with E-state index in [4.69, 9.17) is 0 Å². The molecule has 0 atom stereocenters. The highest BCUT2D eigenvalue weighted by molar-refractivity contribution is 6.05. The maximum atomic E-state index is 13.3. The maximum absolute atomic E-state index is 13.3. The minimum absolute atomic E-state index is 0.308. The number of aromatic nitrogens is 3. The summed E-state index contributed by atoms with van der Waals surface area (Å²) in [7, 11) is 0. The van der Waals surface area contributed by atoms with Crippen molar-refractivity contribution in [3.8, 4) is 11.1 Å². The summed E-state index contributed by atoms with van der Waals surface area (Å²) in [6.07, 6.45) is 1.57.